The maximum Gasteiger partial charge on any atom is 0.315 e. The highest BCUT2D eigenvalue weighted by molar-refractivity contribution is 7.77. The Labute approximate surface area is 95.9 Å². The topological polar surface area (TPSA) is 86.6 Å². The van der Waals surface area contributed by atoms with Crippen LogP contribution in [-0.4, -0.2) is 26.4 Å². The summed E-state index contributed by atoms with van der Waals surface area (Å²) in [6.45, 7) is 1.39. The van der Waals surface area contributed by atoms with E-state index in [-0.39, 0.29) is 6.54 Å². The molecule has 0 saturated heterocycles. The molecule has 0 aliphatic rings. The Morgan fingerprint density at radius 1 is 1.44 bits per heavy atom. The van der Waals surface area contributed by atoms with Gasteiger partial charge in [0.15, 0.2) is 0 Å². The molecule has 0 bridgehead atoms. The van der Waals surface area contributed by atoms with E-state index in [1.807, 2.05) is 0 Å². The van der Waals surface area contributed by atoms with Crippen LogP contribution in [0, 0.1) is 0 Å². The lowest BCUT2D eigenvalue weighted by Gasteiger charge is -2.24. The van der Waals surface area contributed by atoms with Crippen LogP contribution in [0.4, 0.5) is 0 Å². The molecule has 6 heteroatoms. The number of hydrogen-bond acceptors (Lipinski definition) is 2. The lowest BCUT2D eigenvalue weighted by atomic mass is 9.83. The monoisotopic (exact) mass is 243 g/mol. The molecule has 2 unspecified atom stereocenters. The largest absolute Gasteiger partial charge is 0.481 e. The van der Waals surface area contributed by atoms with Crippen LogP contribution in [0.5, 0.6) is 0 Å². The number of carbonyl (C=O) groups is 1. The molecular formula is C10H13NO4S. The third-order valence-electron chi connectivity index (χ3n) is 2.43. The molecule has 0 aliphatic heterocycles. The molecule has 0 fully saturated rings. The molecule has 0 aromatic heterocycles. The molecule has 1 aromatic rings. The van der Waals surface area contributed by atoms with Crippen molar-refractivity contribution in [2.45, 2.75) is 12.3 Å². The van der Waals surface area contributed by atoms with E-state index >= 15 is 0 Å². The van der Waals surface area contributed by atoms with E-state index in [0.717, 1.165) is 0 Å². The third kappa shape index (κ3) is 2.88. The summed E-state index contributed by atoms with van der Waals surface area (Å²) in [5, 5.41) is 9.18. The van der Waals surface area contributed by atoms with E-state index in [4.69, 9.17) is 4.55 Å². The van der Waals surface area contributed by atoms with Crippen molar-refractivity contribution >= 4 is 17.2 Å². The minimum atomic E-state index is -2.22. The van der Waals surface area contributed by atoms with Crippen LogP contribution in [0.25, 0.3) is 0 Å². The number of nitrogens with one attached hydrogen (secondary N) is 1. The van der Waals surface area contributed by atoms with Gasteiger partial charge in [0.1, 0.15) is 5.41 Å². The van der Waals surface area contributed by atoms with E-state index in [1.165, 1.54) is 6.92 Å². The lowest BCUT2D eigenvalue weighted by Crippen LogP contribution is -2.42. The highest BCUT2D eigenvalue weighted by Gasteiger charge is 2.35. The second kappa shape index (κ2) is 5.20. The van der Waals surface area contributed by atoms with Gasteiger partial charge in [0.2, 0.25) is 11.3 Å². The summed E-state index contributed by atoms with van der Waals surface area (Å²) in [6, 6.07) is 8.59. The summed E-state index contributed by atoms with van der Waals surface area (Å²) in [6.07, 6.45) is 0. The summed E-state index contributed by atoms with van der Waals surface area (Å²) in [5.41, 5.74) is -0.639. The normalized spacial score (nSPS) is 16.4. The SMILES string of the molecule is CC(CNS(=O)O)(C(=O)O)c1ccccc1. The first-order valence-corrected chi connectivity index (χ1v) is 5.71. The average Bonchev–Trinajstić information content (AvgIpc) is 2.26. The zero-order chi connectivity index (χ0) is 12.2. The van der Waals surface area contributed by atoms with Crippen LogP contribution in [0.1, 0.15) is 12.5 Å². The molecule has 5 nitrogen and oxygen atoms in total. The number of hydrogen-bond donors (Lipinski definition) is 3. The van der Waals surface area contributed by atoms with E-state index in [9.17, 15) is 14.1 Å². The quantitative estimate of drug-likeness (QED) is 0.666. The Kier molecular flexibility index (Phi) is 4.17. The second-order valence-corrected chi connectivity index (χ2v) is 4.36. The van der Waals surface area contributed by atoms with E-state index in [1.54, 1.807) is 30.3 Å². The predicted octanol–water partition coefficient (Wildman–Crippen LogP) is 0.755. The van der Waals surface area contributed by atoms with Gasteiger partial charge in [0.25, 0.3) is 0 Å². The van der Waals surface area contributed by atoms with Crippen LogP contribution < -0.4 is 4.72 Å². The van der Waals surface area contributed by atoms with Crippen molar-refractivity contribution in [2.75, 3.05) is 6.54 Å². The van der Waals surface area contributed by atoms with Gasteiger partial charge in [-0.3, -0.25) is 9.35 Å². The number of carboxylic acids is 1. The van der Waals surface area contributed by atoms with Crippen LogP contribution in [0.15, 0.2) is 30.3 Å². The van der Waals surface area contributed by atoms with Crippen LogP contribution in [0.3, 0.4) is 0 Å². The van der Waals surface area contributed by atoms with Crippen molar-refractivity contribution in [2.24, 2.45) is 0 Å². The van der Waals surface area contributed by atoms with Crippen LogP contribution in [-0.2, 0) is 21.5 Å². The molecular weight excluding hydrogens is 230 g/mol. The van der Waals surface area contributed by atoms with Crippen LogP contribution >= 0.6 is 0 Å². The van der Waals surface area contributed by atoms with Gasteiger partial charge in [-0.15, -0.1) is 0 Å². The minimum Gasteiger partial charge on any atom is -0.481 e. The highest BCUT2D eigenvalue weighted by Crippen LogP contribution is 2.23. The van der Waals surface area contributed by atoms with Gasteiger partial charge in [0.05, 0.1) is 0 Å². The molecule has 3 N–H and O–H groups in total. The van der Waals surface area contributed by atoms with Gasteiger partial charge >= 0.3 is 5.97 Å². The maximum absolute atomic E-state index is 11.2. The molecule has 0 amide bonds. The highest BCUT2D eigenvalue weighted by atomic mass is 32.2. The zero-order valence-corrected chi connectivity index (χ0v) is 9.53. The maximum atomic E-state index is 11.2. The molecule has 0 radical (unpaired) electrons. The fraction of sp³-hybridized carbons (Fsp3) is 0.300. The van der Waals surface area contributed by atoms with Gasteiger partial charge in [-0.1, -0.05) is 30.3 Å². The van der Waals surface area contributed by atoms with E-state index in [0.29, 0.717) is 5.56 Å². The van der Waals surface area contributed by atoms with Crippen molar-refractivity contribution in [3.8, 4) is 0 Å². The summed E-state index contributed by atoms with van der Waals surface area (Å²) in [4.78, 5) is 11.2. The zero-order valence-electron chi connectivity index (χ0n) is 8.71. The first-order chi connectivity index (χ1) is 7.47. The molecule has 0 saturated carbocycles. The van der Waals surface area contributed by atoms with Crippen molar-refractivity contribution in [3.05, 3.63) is 35.9 Å². The van der Waals surface area contributed by atoms with Crippen molar-refractivity contribution in [1.29, 1.82) is 0 Å². The first-order valence-electron chi connectivity index (χ1n) is 4.60. The van der Waals surface area contributed by atoms with Gasteiger partial charge in [-0.2, -0.15) is 0 Å². The molecule has 1 aromatic carbocycles. The molecule has 0 spiro atoms. The Morgan fingerprint density at radius 3 is 2.44 bits per heavy atom. The Morgan fingerprint density at radius 2 is 2.00 bits per heavy atom. The van der Waals surface area contributed by atoms with Crippen molar-refractivity contribution < 1.29 is 18.7 Å². The van der Waals surface area contributed by atoms with Gasteiger partial charge < -0.3 is 5.11 Å². The van der Waals surface area contributed by atoms with Gasteiger partial charge in [-0.05, 0) is 12.5 Å². The van der Waals surface area contributed by atoms with Crippen molar-refractivity contribution in [1.82, 2.24) is 4.72 Å². The molecule has 2 atom stereocenters. The van der Waals surface area contributed by atoms with Crippen LogP contribution in [0.2, 0.25) is 0 Å². The number of aliphatic carboxylic acids is 1. The Balaban J connectivity index is 2.98. The smallest absolute Gasteiger partial charge is 0.315 e. The Hall–Kier alpha value is -1.24. The average molecular weight is 243 g/mol. The first kappa shape index (κ1) is 12.8. The fourth-order valence-corrected chi connectivity index (χ4v) is 1.73. The van der Waals surface area contributed by atoms with Gasteiger partial charge in [-0.25, -0.2) is 8.93 Å². The van der Waals surface area contributed by atoms with Crippen molar-refractivity contribution in [3.63, 3.8) is 0 Å². The molecule has 0 aliphatic carbocycles. The molecule has 0 heterocycles. The Bertz CT molecular complexity index is 395. The summed E-state index contributed by atoms with van der Waals surface area (Å²) in [7, 11) is 0. The minimum absolute atomic E-state index is 0.116. The van der Waals surface area contributed by atoms with E-state index in [2.05, 4.69) is 4.72 Å². The van der Waals surface area contributed by atoms with Gasteiger partial charge in [0, 0.05) is 6.54 Å². The lowest BCUT2D eigenvalue weighted by molar-refractivity contribution is -0.142. The standard InChI is InChI=1S/C10H13NO4S/c1-10(9(12)13,7-11-16(14)15)8-5-3-2-4-6-8/h2-6,11H,7H2,1H3,(H,12,13)(H,14,15). The summed E-state index contributed by atoms with van der Waals surface area (Å²) in [5.74, 6) is -1.04. The third-order valence-corrected chi connectivity index (χ3v) is 2.82. The second-order valence-electron chi connectivity index (χ2n) is 3.57. The molecule has 1 rings (SSSR count). The summed E-state index contributed by atoms with van der Waals surface area (Å²) < 4.78 is 21.3. The fourth-order valence-electron chi connectivity index (χ4n) is 1.31. The number of benzene rings is 1. The molecule has 16 heavy (non-hydrogen) atoms. The number of rotatable bonds is 5. The predicted molar refractivity (Wildman–Crippen MR) is 60.2 cm³/mol. The number of carboxylic acid groups (broad SMARTS) is 1. The summed E-state index contributed by atoms with van der Waals surface area (Å²) >= 11 is -2.22. The molecule has 88 valence electrons. The van der Waals surface area contributed by atoms with E-state index < -0.39 is 22.7 Å².